The lowest BCUT2D eigenvalue weighted by atomic mass is 9.71. The topological polar surface area (TPSA) is 58.6 Å². The molecule has 1 N–H and O–H groups in total. The Morgan fingerprint density at radius 2 is 1.90 bits per heavy atom. The van der Waals surface area contributed by atoms with Crippen molar-refractivity contribution in [3.8, 4) is 5.75 Å². The second kappa shape index (κ2) is 13.6. The van der Waals surface area contributed by atoms with Crippen LogP contribution in [-0.2, 0) is 17.4 Å². The van der Waals surface area contributed by atoms with Gasteiger partial charge in [0.25, 0.3) is 5.91 Å². The fourth-order valence-corrected chi connectivity index (χ4v) is 7.62. The van der Waals surface area contributed by atoms with Crippen molar-refractivity contribution in [1.82, 2.24) is 4.72 Å². The number of aryl methyl sites for hydroxylation is 2. The number of fused-ring (bicyclic) bond motifs is 1. The molecule has 5 atom stereocenters. The molecule has 1 amide bonds. The van der Waals surface area contributed by atoms with Gasteiger partial charge in [-0.2, -0.15) is 0 Å². The fraction of sp³-hybridized carbons (Fsp3) is 0.571. The number of allylic oxidation sites excluding steroid dienone is 2. The van der Waals surface area contributed by atoms with Crippen molar-refractivity contribution in [3.05, 3.63) is 70.8 Å². The first-order valence-corrected chi connectivity index (χ1v) is 17.1. The maximum atomic E-state index is 13.2. The predicted octanol–water partition coefficient (Wildman–Crippen LogP) is 7.50. The number of ether oxygens (including phenoxy) is 1. The minimum Gasteiger partial charge on any atom is -0.491 e. The molecule has 0 radical (unpaired) electrons. The van der Waals surface area contributed by atoms with Crippen LogP contribution in [0.25, 0.3) is 0 Å². The Morgan fingerprint density at radius 3 is 2.61 bits per heavy atom. The second-order valence-corrected chi connectivity index (χ2v) is 14.1. The summed E-state index contributed by atoms with van der Waals surface area (Å²) in [7, 11) is -1.38. The zero-order valence-corrected chi connectivity index (χ0v) is 26.2. The minimum atomic E-state index is -1.38. The number of anilines is 1. The highest BCUT2D eigenvalue weighted by molar-refractivity contribution is 7.84. The van der Waals surface area contributed by atoms with Crippen LogP contribution in [0.5, 0.6) is 5.75 Å². The van der Waals surface area contributed by atoms with E-state index >= 15 is 0 Å². The quantitative estimate of drug-likeness (QED) is 0.266. The molecule has 2 saturated carbocycles. The average Bonchev–Trinajstić information content (AvgIpc) is 3.81. The normalized spacial score (nSPS) is 23.7. The Hall–Kier alpha value is -2.60. The summed E-state index contributed by atoms with van der Waals surface area (Å²) in [6.45, 7) is 11.0. The first kappa shape index (κ1) is 29.9. The van der Waals surface area contributed by atoms with E-state index in [1.54, 1.807) is 0 Å². The van der Waals surface area contributed by atoms with Gasteiger partial charge in [-0.25, -0.2) is 4.21 Å². The number of nitrogens with zero attached hydrogens (tertiary/aromatic N) is 1. The molecule has 2 aromatic carbocycles. The third-order valence-corrected chi connectivity index (χ3v) is 10.8. The van der Waals surface area contributed by atoms with Crippen molar-refractivity contribution in [2.45, 2.75) is 90.2 Å². The molecule has 1 aliphatic heterocycles. The van der Waals surface area contributed by atoms with Gasteiger partial charge in [0.1, 0.15) is 16.7 Å². The Labute approximate surface area is 249 Å². The van der Waals surface area contributed by atoms with E-state index in [9.17, 15) is 9.00 Å². The first-order chi connectivity index (χ1) is 19.9. The number of rotatable bonds is 12. The third-order valence-electron chi connectivity index (χ3n) is 9.39. The van der Waals surface area contributed by atoms with Gasteiger partial charge in [-0.15, -0.1) is 0 Å². The van der Waals surface area contributed by atoms with Crippen molar-refractivity contribution in [2.75, 3.05) is 24.6 Å². The van der Waals surface area contributed by atoms with Crippen LogP contribution >= 0.6 is 0 Å². The Balaban J connectivity index is 1.41. The number of carbonyl (C=O) groups is 1. The van der Waals surface area contributed by atoms with Crippen LogP contribution in [-0.4, -0.2) is 35.1 Å². The van der Waals surface area contributed by atoms with E-state index in [0.717, 1.165) is 63.1 Å². The van der Waals surface area contributed by atoms with Crippen molar-refractivity contribution >= 4 is 22.6 Å². The Bertz CT molecular complexity index is 1270. The molecule has 6 heteroatoms. The summed E-state index contributed by atoms with van der Waals surface area (Å²) in [4.78, 5) is 15.7. The molecule has 3 aliphatic rings. The molecule has 2 fully saturated rings. The van der Waals surface area contributed by atoms with E-state index in [1.807, 2.05) is 25.1 Å². The van der Waals surface area contributed by atoms with E-state index in [-0.39, 0.29) is 17.1 Å². The summed E-state index contributed by atoms with van der Waals surface area (Å²) in [5.74, 6) is 2.60. The molecule has 0 aromatic heterocycles. The summed E-state index contributed by atoms with van der Waals surface area (Å²) < 4.78 is 22.1. The highest BCUT2D eigenvalue weighted by Gasteiger charge is 2.35. The van der Waals surface area contributed by atoms with E-state index in [4.69, 9.17) is 4.74 Å². The van der Waals surface area contributed by atoms with Crippen molar-refractivity contribution in [3.63, 3.8) is 0 Å². The van der Waals surface area contributed by atoms with E-state index in [2.05, 4.69) is 60.7 Å². The van der Waals surface area contributed by atoms with E-state index < -0.39 is 11.0 Å². The zero-order valence-electron chi connectivity index (χ0n) is 25.4. The summed E-state index contributed by atoms with van der Waals surface area (Å²) in [5.41, 5.74) is 5.64. The summed E-state index contributed by atoms with van der Waals surface area (Å²) >= 11 is 0. The molecule has 0 bridgehead atoms. The van der Waals surface area contributed by atoms with Gasteiger partial charge in [0.2, 0.25) is 0 Å². The Kier molecular flexibility index (Phi) is 9.90. The second-order valence-electron chi connectivity index (χ2n) is 12.5. The average molecular weight is 577 g/mol. The molecule has 5 unspecified atom stereocenters. The van der Waals surface area contributed by atoms with E-state index in [1.165, 1.54) is 29.5 Å². The summed E-state index contributed by atoms with van der Waals surface area (Å²) in [6, 6.07) is 12.6. The SMILES string of the molecule is CC/C=C/CC1CCC1CN1CC(c2ccc(C)cc2CCC)COc2ccc(C(=O)NS(=O)C(C)C3CC3)cc21. The molecule has 41 heavy (non-hydrogen) atoms. The summed E-state index contributed by atoms with van der Waals surface area (Å²) in [6.07, 6.45) is 13.8. The number of carbonyl (C=O) groups excluding carboxylic acids is 1. The fourth-order valence-electron chi connectivity index (χ4n) is 6.51. The summed E-state index contributed by atoms with van der Waals surface area (Å²) in [5, 5.41) is -0.00972. The van der Waals surface area contributed by atoms with Crippen molar-refractivity contribution < 1.29 is 13.7 Å². The number of nitrogens with one attached hydrogen (secondary N) is 1. The molecule has 2 aromatic rings. The molecule has 5 nitrogen and oxygen atoms in total. The number of hydrogen-bond donors (Lipinski definition) is 1. The van der Waals surface area contributed by atoms with Gasteiger partial charge in [-0.3, -0.25) is 9.52 Å². The van der Waals surface area contributed by atoms with Crippen LogP contribution in [0.2, 0.25) is 0 Å². The van der Waals surface area contributed by atoms with Gasteiger partial charge in [0.15, 0.2) is 0 Å². The molecule has 0 saturated heterocycles. The maximum absolute atomic E-state index is 13.2. The lowest BCUT2D eigenvalue weighted by Gasteiger charge is -2.41. The zero-order chi connectivity index (χ0) is 28.9. The van der Waals surface area contributed by atoms with Crippen LogP contribution < -0.4 is 14.4 Å². The molecular formula is C35H48N2O3S. The smallest absolute Gasteiger partial charge is 0.263 e. The number of benzene rings is 2. The van der Waals surface area contributed by atoms with E-state index in [0.29, 0.717) is 29.9 Å². The molecule has 2 aliphatic carbocycles. The van der Waals surface area contributed by atoms with Crippen LogP contribution in [0.4, 0.5) is 5.69 Å². The predicted molar refractivity (Wildman–Crippen MR) is 170 cm³/mol. The van der Waals surface area contributed by atoms with Gasteiger partial charge >= 0.3 is 0 Å². The molecule has 0 spiro atoms. The maximum Gasteiger partial charge on any atom is 0.263 e. The Morgan fingerprint density at radius 1 is 1.10 bits per heavy atom. The largest absolute Gasteiger partial charge is 0.491 e. The highest BCUT2D eigenvalue weighted by Crippen LogP contribution is 2.42. The standard InChI is InChI=1S/C35H48N2O3S/c1-5-7-8-10-27-14-15-30(27)21-37-22-31(32-17-11-24(3)19-28(32)9-6-2)23-40-34-18-16-29(20-33(34)37)35(38)36-41(39)25(4)26-12-13-26/h7-8,11,16-20,25-27,30-31H,5-6,9-10,12-15,21-23H2,1-4H3,(H,36,38)/b8-7+. The lowest BCUT2D eigenvalue weighted by molar-refractivity contribution is 0.0982. The number of amides is 1. The molecular weight excluding hydrogens is 528 g/mol. The van der Waals surface area contributed by atoms with Gasteiger partial charge in [0, 0.05) is 24.6 Å². The third kappa shape index (κ3) is 7.25. The molecule has 1 heterocycles. The minimum absolute atomic E-state index is 0.00972. The lowest BCUT2D eigenvalue weighted by Crippen LogP contribution is -2.40. The highest BCUT2D eigenvalue weighted by atomic mass is 32.2. The van der Waals surface area contributed by atoms with Crippen LogP contribution in [0, 0.1) is 24.7 Å². The number of hydrogen-bond acceptors (Lipinski definition) is 4. The monoisotopic (exact) mass is 576 g/mol. The van der Waals surface area contributed by atoms with Gasteiger partial charge in [-0.05, 0) is 106 Å². The molecule has 5 rings (SSSR count). The van der Waals surface area contributed by atoms with Crippen LogP contribution in [0.1, 0.15) is 98.7 Å². The van der Waals surface area contributed by atoms with Gasteiger partial charge in [0.05, 0.1) is 17.5 Å². The van der Waals surface area contributed by atoms with Crippen LogP contribution in [0.3, 0.4) is 0 Å². The van der Waals surface area contributed by atoms with Crippen LogP contribution in [0.15, 0.2) is 48.6 Å². The van der Waals surface area contributed by atoms with Gasteiger partial charge in [-0.1, -0.05) is 56.2 Å². The van der Waals surface area contributed by atoms with Crippen molar-refractivity contribution in [2.24, 2.45) is 17.8 Å². The first-order valence-electron chi connectivity index (χ1n) is 15.9. The van der Waals surface area contributed by atoms with Gasteiger partial charge < -0.3 is 9.64 Å². The van der Waals surface area contributed by atoms with Crippen molar-refractivity contribution in [1.29, 1.82) is 0 Å². The molecule has 222 valence electrons.